The molecule has 0 saturated heterocycles. The van der Waals surface area contributed by atoms with Crippen LogP contribution in [0.2, 0.25) is 0 Å². The summed E-state index contributed by atoms with van der Waals surface area (Å²) in [5, 5.41) is 3.07. The summed E-state index contributed by atoms with van der Waals surface area (Å²) in [4.78, 5) is 15.3. The summed E-state index contributed by atoms with van der Waals surface area (Å²) in [7, 11) is 0. The van der Waals surface area contributed by atoms with Crippen LogP contribution in [-0.2, 0) is 0 Å². The summed E-state index contributed by atoms with van der Waals surface area (Å²) in [6.45, 7) is 4.42. The maximum Gasteiger partial charge on any atom is 0.176 e. The first kappa shape index (κ1) is 9.86. The monoisotopic (exact) mass is 178 g/mol. The Hall–Kier alpha value is -1.22. The molecule has 0 unspecified atom stereocenters. The van der Waals surface area contributed by atoms with Gasteiger partial charge in [0, 0.05) is 24.0 Å². The van der Waals surface area contributed by atoms with Gasteiger partial charge in [-0.05, 0) is 12.1 Å². The third-order valence-corrected chi connectivity index (χ3v) is 1.67. The predicted octanol–water partition coefficient (Wildman–Crippen LogP) is 1.26. The quantitative estimate of drug-likeness (QED) is 0.706. The molecule has 70 valence electrons. The lowest BCUT2D eigenvalue weighted by Crippen LogP contribution is -2.29. The van der Waals surface area contributed by atoms with Gasteiger partial charge in [-0.15, -0.1) is 0 Å². The van der Waals surface area contributed by atoms with Gasteiger partial charge in [-0.3, -0.25) is 9.78 Å². The highest BCUT2D eigenvalue weighted by Gasteiger charge is 2.04. The van der Waals surface area contributed by atoms with Crippen LogP contribution < -0.4 is 5.32 Å². The number of nitrogens with zero attached hydrogens (tertiary/aromatic N) is 1. The van der Waals surface area contributed by atoms with Gasteiger partial charge in [0.2, 0.25) is 0 Å². The summed E-state index contributed by atoms with van der Waals surface area (Å²) in [5.41, 5.74) is 0.711. The van der Waals surface area contributed by atoms with E-state index in [1.54, 1.807) is 24.5 Å². The summed E-state index contributed by atoms with van der Waals surface area (Å²) >= 11 is 0. The number of carbonyl (C=O) groups is 1. The Morgan fingerprint density at radius 2 is 2.08 bits per heavy atom. The van der Waals surface area contributed by atoms with Crippen molar-refractivity contribution in [1.29, 1.82) is 0 Å². The number of Topliss-reactive ketones (excluding diaryl/α,β-unsaturated/α-hetero) is 1. The largest absolute Gasteiger partial charge is 0.307 e. The van der Waals surface area contributed by atoms with Crippen LogP contribution in [0.15, 0.2) is 24.5 Å². The number of aromatic nitrogens is 1. The Morgan fingerprint density at radius 3 is 2.62 bits per heavy atom. The molecule has 1 aromatic rings. The zero-order chi connectivity index (χ0) is 9.68. The van der Waals surface area contributed by atoms with Crippen molar-refractivity contribution in [2.45, 2.75) is 19.9 Å². The highest BCUT2D eigenvalue weighted by atomic mass is 16.1. The van der Waals surface area contributed by atoms with Gasteiger partial charge >= 0.3 is 0 Å². The van der Waals surface area contributed by atoms with Gasteiger partial charge in [0.25, 0.3) is 0 Å². The molecule has 3 nitrogen and oxygen atoms in total. The van der Waals surface area contributed by atoms with Crippen molar-refractivity contribution < 1.29 is 4.79 Å². The van der Waals surface area contributed by atoms with Crippen LogP contribution in [0.1, 0.15) is 24.2 Å². The minimum absolute atomic E-state index is 0.108. The molecule has 1 heterocycles. The standard InChI is InChI=1S/C10H14N2O/c1-8(2)12-7-10(13)9-3-5-11-6-4-9/h3-6,8,12H,7H2,1-2H3. The number of rotatable bonds is 4. The Morgan fingerprint density at radius 1 is 1.46 bits per heavy atom. The molecule has 0 fully saturated rings. The number of nitrogens with one attached hydrogen (secondary N) is 1. The average molecular weight is 178 g/mol. The van der Waals surface area contributed by atoms with Crippen LogP contribution in [-0.4, -0.2) is 23.4 Å². The predicted molar refractivity (Wildman–Crippen MR) is 51.7 cm³/mol. The lowest BCUT2D eigenvalue weighted by Gasteiger charge is -2.06. The normalized spacial score (nSPS) is 10.4. The summed E-state index contributed by atoms with van der Waals surface area (Å²) < 4.78 is 0. The smallest absolute Gasteiger partial charge is 0.176 e. The van der Waals surface area contributed by atoms with Crippen LogP contribution in [0.4, 0.5) is 0 Å². The first-order chi connectivity index (χ1) is 6.20. The van der Waals surface area contributed by atoms with Gasteiger partial charge in [0.15, 0.2) is 5.78 Å². The van der Waals surface area contributed by atoms with E-state index in [1.807, 2.05) is 13.8 Å². The molecule has 0 aliphatic carbocycles. The minimum Gasteiger partial charge on any atom is -0.307 e. The second kappa shape index (κ2) is 4.72. The third-order valence-electron chi connectivity index (χ3n) is 1.67. The van der Waals surface area contributed by atoms with Gasteiger partial charge in [0.05, 0.1) is 6.54 Å². The molecule has 13 heavy (non-hydrogen) atoms. The van der Waals surface area contributed by atoms with E-state index in [-0.39, 0.29) is 5.78 Å². The molecule has 0 radical (unpaired) electrons. The van der Waals surface area contributed by atoms with Crippen molar-refractivity contribution in [2.75, 3.05) is 6.54 Å². The Balaban J connectivity index is 2.50. The van der Waals surface area contributed by atoms with E-state index in [0.717, 1.165) is 0 Å². The lowest BCUT2D eigenvalue weighted by molar-refractivity contribution is 0.0988. The maximum atomic E-state index is 11.5. The SMILES string of the molecule is CC(C)NCC(=O)c1ccncc1. The highest BCUT2D eigenvalue weighted by molar-refractivity contribution is 5.97. The molecule has 0 spiro atoms. The van der Waals surface area contributed by atoms with Crippen LogP contribution in [0.5, 0.6) is 0 Å². The molecular weight excluding hydrogens is 164 g/mol. The van der Waals surface area contributed by atoms with E-state index in [1.165, 1.54) is 0 Å². The zero-order valence-corrected chi connectivity index (χ0v) is 7.95. The Kier molecular flexibility index (Phi) is 3.58. The molecule has 0 aromatic carbocycles. The molecule has 3 heteroatoms. The van der Waals surface area contributed by atoms with Crippen LogP contribution in [0.3, 0.4) is 0 Å². The molecule has 0 saturated carbocycles. The molecule has 1 N–H and O–H groups in total. The molecule has 0 bridgehead atoms. The van der Waals surface area contributed by atoms with Crippen molar-refractivity contribution in [2.24, 2.45) is 0 Å². The summed E-state index contributed by atoms with van der Waals surface area (Å²) in [6.07, 6.45) is 3.26. The van der Waals surface area contributed by atoms with Crippen molar-refractivity contribution >= 4 is 5.78 Å². The van der Waals surface area contributed by atoms with Crippen LogP contribution in [0, 0.1) is 0 Å². The first-order valence-corrected chi connectivity index (χ1v) is 4.37. The minimum atomic E-state index is 0.108. The fourth-order valence-electron chi connectivity index (χ4n) is 0.937. The fraction of sp³-hybridized carbons (Fsp3) is 0.400. The number of hydrogen-bond donors (Lipinski definition) is 1. The molecule has 0 aliphatic heterocycles. The average Bonchev–Trinajstić information content (AvgIpc) is 2.15. The molecule has 1 rings (SSSR count). The van der Waals surface area contributed by atoms with Crippen molar-refractivity contribution in [1.82, 2.24) is 10.3 Å². The van der Waals surface area contributed by atoms with Gasteiger partial charge in [-0.2, -0.15) is 0 Å². The van der Waals surface area contributed by atoms with E-state index in [9.17, 15) is 4.79 Å². The highest BCUT2D eigenvalue weighted by Crippen LogP contribution is 1.96. The van der Waals surface area contributed by atoms with Crippen molar-refractivity contribution in [3.05, 3.63) is 30.1 Å². The van der Waals surface area contributed by atoms with Crippen molar-refractivity contribution in [3.8, 4) is 0 Å². The second-order valence-electron chi connectivity index (χ2n) is 3.19. The fourth-order valence-corrected chi connectivity index (χ4v) is 0.937. The number of carbonyl (C=O) groups excluding carboxylic acids is 1. The molecular formula is C10H14N2O. The van der Waals surface area contributed by atoms with Crippen LogP contribution in [0.25, 0.3) is 0 Å². The van der Waals surface area contributed by atoms with E-state index in [2.05, 4.69) is 10.3 Å². The van der Waals surface area contributed by atoms with Crippen molar-refractivity contribution in [3.63, 3.8) is 0 Å². The summed E-state index contributed by atoms with van der Waals surface area (Å²) in [5.74, 6) is 0.108. The van der Waals surface area contributed by atoms with E-state index < -0.39 is 0 Å². The Labute approximate surface area is 78.2 Å². The number of pyridine rings is 1. The van der Waals surface area contributed by atoms with E-state index >= 15 is 0 Å². The van der Waals surface area contributed by atoms with E-state index in [4.69, 9.17) is 0 Å². The van der Waals surface area contributed by atoms with Gasteiger partial charge in [-0.25, -0.2) is 0 Å². The Bertz CT molecular complexity index is 270. The van der Waals surface area contributed by atoms with Gasteiger partial charge in [0.1, 0.15) is 0 Å². The van der Waals surface area contributed by atoms with Gasteiger partial charge in [-0.1, -0.05) is 13.8 Å². The van der Waals surface area contributed by atoms with E-state index in [0.29, 0.717) is 18.2 Å². The first-order valence-electron chi connectivity index (χ1n) is 4.37. The summed E-state index contributed by atoms with van der Waals surface area (Å²) in [6, 6.07) is 3.79. The number of ketones is 1. The number of hydrogen-bond acceptors (Lipinski definition) is 3. The van der Waals surface area contributed by atoms with Gasteiger partial charge < -0.3 is 5.32 Å². The topological polar surface area (TPSA) is 42.0 Å². The second-order valence-corrected chi connectivity index (χ2v) is 3.19. The molecule has 0 atom stereocenters. The molecule has 0 amide bonds. The maximum absolute atomic E-state index is 11.5. The third kappa shape index (κ3) is 3.34. The lowest BCUT2D eigenvalue weighted by atomic mass is 10.2. The van der Waals surface area contributed by atoms with Crippen LogP contribution >= 0.6 is 0 Å². The molecule has 1 aromatic heterocycles. The zero-order valence-electron chi connectivity index (χ0n) is 7.95. The molecule has 0 aliphatic rings.